The van der Waals surface area contributed by atoms with Crippen molar-refractivity contribution in [1.82, 2.24) is 5.32 Å². The Bertz CT molecular complexity index is 685. The number of benzene rings is 1. The number of methoxy groups -OCH3 is 1. The van der Waals surface area contributed by atoms with Crippen LogP contribution in [-0.2, 0) is 15.6 Å². The predicted octanol–water partition coefficient (Wildman–Crippen LogP) is 1.63. The molecule has 2 saturated carbocycles. The van der Waals surface area contributed by atoms with Crippen LogP contribution >= 0.6 is 0 Å². The fourth-order valence-electron chi connectivity index (χ4n) is 5.95. The second-order valence-corrected chi connectivity index (χ2v) is 7.25. The molecule has 0 radical (unpaired) electrons. The van der Waals surface area contributed by atoms with Crippen LogP contribution < -0.4 is 10.1 Å². The van der Waals surface area contributed by atoms with E-state index in [4.69, 9.17) is 4.74 Å². The highest BCUT2D eigenvalue weighted by atomic mass is 16.5. The lowest BCUT2D eigenvalue weighted by molar-refractivity contribution is -0.123. The molecule has 1 saturated heterocycles. The molecule has 4 heteroatoms. The molecule has 1 heterocycles. The Kier molecular flexibility index (Phi) is 1.97. The minimum atomic E-state index is -0.155. The summed E-state index contributed by atoms with van der Waals surface area (Å²) in [4.78, 5) is 12.2. The van der Waals surface area contributed by atoms with Crippen molar-refractivity contribution in [2.24, 2.45) is 5.92 Å². The van der Waals surface area contributed by atoms with Crippen molar-refractivity contribution in [2.45, 2.75) is 42.6 Å². The standard InChI is InChI=1S/C17H19NO3/c1-21-12-5-4-10-13(14(12)20)16-6-9(19)2-3-11(16)15-17(10,7-16)8-18-15/h4-5,11,15,18,20H,2-3,6-8H2,1H3. The summed E-state index contributed by atoms with van der Waals surface area (Å²) in [5.74, 6) is 1.64. The van der Waals surface area contributed by atoms with Crippen LogP contribution in [0.5, 0.6) is 11.5 Å². The number of carbonyl (C=O) groups is 1. The molecule has 1 aliphatic heterocycles. The number of phenolic OH excluding ortho intramolecular Hbond substituents is 1. The van der Waals surface area contributed by atoms with E-state index in [0.717, 1.165) is 24.9 Å². The van der Waals surface area contributed by atoms with E-state index in [1.807, 2.05) is 6.07 Å². The Labute approximate surface area is 123 Å². The summed E-state index contributed by atoms with van der Waals surface area (Å²) in [5, 5.41) is 14.3. The van der Waals surface area contributed by atoms with Crippen molar-refractivity contribution in [3.8, 4) is 11.5 Å². The zero-order valence-corrected chi connectivity index (χ0v) is 12.1. The first-order chi connectivity index (χ1) is 10.1. The van der Waals surface area contributed by atoms with Gasteiger partial charge in [-0.2, -0.15) is 0 Å². The first-order valence-electron chi connectivity index (χ1n) is 7.78. The van der Waals surface area contributed by atoms with Gasteiger partial charge in [0.1, 0.15) is 5.78 Å². The number of ether oxygens (including phenoxy) is 1. The number of aromatic hydroxyl groups is 1. The van der Waals surface area contributed by atoms with Crippen LogP contribution in [-0.4, -0.2) is 30.6 Å². The molecule has 21 heavy (non-hydrogen) atoms. The van der Waals surface area contributed by atoms with Crippen LogP contribution in [0.15, 0.2) is 12.1 Å². The molecular weight excluding hydrogens is 266 g/mol. The molecule has 0 amide bonds. The number of nitrogens with one attached hydrogen (secondary N) is 1. The monoisotopic (exact) mass is 285 g/mol. The van der Waals surface area contributed by atoms with Crippen molar-refractivity contribution in [2.75, 3.05) is 13.7 Å². The molecule has 5 rings (SSSR count). The average molecular weight is 285 g/mol. The van der Waals surface area contributed by atoms with Gasteiger partial charge < -0.3 is 15.2 Å². The number of Topliss-reactive ketones (excluding diaryl/α,β-unsaturated/α-hetero) is 1. The van der Waals surface area contributed by atoms with E-state index < -0.39 is 0 Å². The van der Waals surface area contributed by atoms with Gasteiger partial charge in [-0.05, 0) is 30.4 Å². The molecule has 3 fully saturated rings. The van der Waals surface area contributed by atoms with Crippen LogP contribution in [0.2, 0.25) is 0 Å². The molecule has 1 aromatic rings. The third-order valence-corrected chi connectivity index (χ3v) is 6.62. The number of ketones is 1. The molecule has 4 nitrogen and oxygen atoms in total. The van der Waals surface area contributed by atoms with Crippen molar-refractivity contribution < 1.29 is 14.6 Å². The quantitative estimate of drug-likeness (QED) is 0.823. The maximum absolute atomic E-state index is 12.2. The van der Waals surface area contributed by atoms with Gasteiger partial charge in [0.25, 0.3) is 0 Å². The molecule has 2 bridgehead atoms. The van der Waals surface area contributed by atoms with Crippen LogP contribution in [0.3, 0.4) is 0 Å². The smallest absolute Gasteiger partial charge is 0.161 e. The minimum Gasteiger partial charge on any atom is -0.504 e. The summed E-state index contributed by atoms with van der Waals surface area (Å²) in [5.41, 5.74) is 2.28. The number of rotatable bonds is 1. The molecule has 0 aromatic heterocycles. The minimum absolute atomic E-state index is 0.147. The van der Waals surface area contributed by atoms with Crippen molar-refractivity contribution >= 4 is 5.78 Å². The van der Waals surface area contributed by atoms with E-state index in [0.29, 0.717) is 36.3 Å². The van der Waals surface area contributed by atoms with Crippen LogP contribution in [0, 0.1) is 5.92 Å². The van der Waals surface area contributed by atoms with E-state index in [-0.39, 0.29) is 16.6 Å². The molecule has 110 valence electrons. The van der Waals surface area contributed by atoms with Gasteiger partial charge in [-0.15, -0.1) is 0 Å². The average Bonchev–Trinajstić information content (AvgIpc) is 2.84. The SMILES string of the molecule is COc1ccc2c(c1O)C13CC(=O)CCC1C1NCC21C3. The fourth-order valence-corrected chi connectivity index (χ4v) is 5.95. The molecule has 4 atom stereocenters. The molecule has 2 spiro atoms. The van der Waals surface area contributed by atoms with Crippen LogP contribution in [0.4, 0.5) is 0 Å². The van der Waals surface area contributed by atoms with Crippen molar-refractivity contribution in [3.05, 3.63) is 23.3 Å². The van der Waals surface area contributed by atoms with Gasteiger partial charge in [0.05, 0.1) is 7.11 Å². The summed E-state index contributed by atoms with van der Waals surface area (Å²) in [7, 11) is 1.59. The van der Waals surface area contributed by atoms with Gasteiger partial charge in [-0.25, -0.2) is 0 Å². The number of phenols is 1. The molecular formula is C17H19NO3. The summed E-state index contributed by atoms with van der Waals surface area (Å²) >= 11 is 0. The highest BCUT2D eigenvalue weighted by molar-refractivity contribution is 5.83. The summed E-state index contributed by atoms with van der Waals surface area (Å²) < 4.78 is 5.31. The van der Waals surface area contributed by atoms with Gasteiger partial charge in [-0.3, -0.25) is 4.79 Å². The predicted molar refractivity (Wildman–Crippen MR) is 76.8 cm³/mol. The highest BCUT2D eigenvalue weighted by Crippen LogP contribution is 2.71. The lowest BCUT2D eigenvalue weighted by atomic mass is 9.59. The largest absolute Gasteiger partial charge is 0.504 e. The molecule has 4 aliphatic rings. The van der Waals surface area contributed by atoms with Gasteiger partial charge in [0.15, 0.2) is 11.5 Å². The Morgan fingerprint density at radius 1 is 1.38 bits per heavy atom. The zero-order chi connectivity index (χ0) is 14.4. The molecule has 1 aromatic carbocycles. The van der Waals surface area contributed by atoms with E-state index >= 15 is 0 Å². The zero-order valence-electron chi connectivity index (χ0n) is 12.1. The second-order valence-electron chi connectivity index (χ2n) is 7.25. The van der Waals surface area contributed by atoms with Gasteiger partial charge in [0, 0.05) is 41.8 Å². The number of fused-ring (bicyclic) bond motifs is 2. The third kappa shape index (κ3) is 1.10. The van der Waals surface area contributed by atoms with Gasteiger partial charge in [-0.1, -0.05) is 6.07 Å². The maximum Gasteiger partial charge on any atom is 0.161 e. The number of carbonyl (C=O) groups excluding carboxylic acids is 1. The highest BCUT2D eigenvalue weighted by Gasteiger charge is 2.73. The van der Waals surface area contributed by atoms with E-state index in [2.05, 4.69) is 11.4 Å². The fraction of sp³-hybridized carbons (Fsp3) is 0.588. The normalized spacial score (nSPS) is 42.0. The first kappa shape index (κ1) is 12.0. The van der Waals surface area contributed by atoms with Crippen LogP contribution in [0.25, 0.3) is 0 Å². The third-order valence-electron chi connectivity index (χ3n) is 6.62. The number of hydrogen-bond acceptors (Lipinski definition) is 4. The van der Waals surface area contributed by atoms with E-state index in [1.165, 1.54) is 5.56 Å². The maximum atomic E-state index is 12.2. The lowest BCUT2D eigenvalue weighted by Crippen LogP contribution is -2.66. The lowest BCUT2D eigenvalue weighted by Gasteiger charge is -2.52. The number of hydrogen-bond donors (Lipinski definition) is 2. The van der Waals surface area contributed by atoms with Crippen molar-refractivity contribution in [1.29, 1.82) is 0 Å². The Morgan fingerprint density at radius 2 is 2.24 bits per heavy atom. The van der Waals surface area contributed by atoms with Crippen molar-refractivity contribution in [3.63, 3.8) is 0 Å². The second kappa shape index (κ2) is 3.43. The first-order valence-corrected chi connectivity index (χ1v) is 7.78. The van der Waals surface area contributed by atoms with Gasteiger partial charge >= 0.3 is 0 Å². The molecule has 3 aliphatic carbocycles. The Balaban J connectivity index is 1.80. The Hall–Kier alpha value is -1.55. The topological polar surface area (TPSA) is 58.6 Å². The summed E-state index contributed by atoms with van der Waals surface area (Å²) in [6.45, 7) is 0.975. The van der Waals surface area contributed by atoms with E-state index in [1.54, 1.807) is 7.11 Å². The summed E-state index contributed by atoms with van der Waals surface area (Å²) in [6.07, 6.45) is 3.25. The molecule has 4 unspecified atom stereocenters. The van der Waals surface area contributed by atoms with E-state index in [9.17, 15) is 9.90 Å². The van der Waals surface area contributed by atoms with Crippen LogP contribution in [0.1, 0.15) is 36.8 Å². The molecule has 2 N–H and O–H groups in total. The van der Waals surface area contributed by atoms with Gasteiger partial charge in [0.2, 0.25) is 0 Å². The Morgan fingerprint density at radius 3 is 2.95 bits per heavy atom. The summed E-state index contributed by atoms with van der Waals surface area (Å²) in [6, 6.07) is 4.48.